The van der Waals surface area contributed by atoms with E-state index >= 15 is 0 Å². The Hall–Kier alpha value is -1.96. The molecule has 136 valence electrons. The molecule has 0 rings (SSSR count). The maximum absolute atomic E-state index is 10.8. The van der Waals surface area contributed by atoms with Crippen LogP contribution in [0.2, 0.25) is 0 Å². The molecule has 0 radical (unpaired) electrons. The number of primary amides is 1. The minimum absolute atomic E-state index is 0. The molecule has 0 heterocycles. The Morgan fingerprint density at radius 3 is 1.65 bits per heavy atom. The molecule has 8 heteroatoms. The third kappa shape index (κ3) is 16.2. The number of rotatable bonds is 8. The second-order valence-electron chi connectivity index (χ2n) is 4.84. The largest absolute Gasteiger partial charge is 0.369 e. The Kier molecular flexibility index (Phi) is 16.9. The SMILES string of the molecule is C.CCNC(=O)CC(C)C(N)=O.CCNC(=O)CC(N)C(C)=O. The molecule has 2 atom stereocenters. The number of Topliss-reactive ketones (excluding diaryl/α,β-unsaturated/α-hetero) is 1. The number of carbonyl (C=O) groups excluding carboxylic acids is 4. The lowest BCUT2D eigenvalue weighted by Gasteiger charge is -2.06. The van der Waals surface area contributed by atoms with Gasteiger partial charge in [0.2, 0.25) is 17.7 Å². The van der Waals surface area contributed by atoms with Gasteiger partial charge in [-0.1, -0.05) is 14.4 Å². The van der Waals surface area contributed by atoms with Crippen LogP contribution in [0.1, 0.15) is 48.0 Å². The topological polar surface area (TPSA) is 144 Å². The van der Waals surface area contributed by atoms with Gasteiger partial charge in [-0.2, -0.15) is 0 Å². The summed E-state index contributed by atoms with van der Waals surface area (Å²) in [5.41, 5.74) is 10.3. The van der Waals surface area contributed by atoms with Gasteiger partial charge < -0.3 is 22.1 Å². The highest BCUT2D eigenvalue weighted by Gasteiger charge is 2.13. The van der Waals surface area contributed by atoms with Crippen molar-refractivity contribution in [1.82, 2.24) is 10.6 Å². The quantitative estimate of drug-likeness (QED) is 0.482. The van der Waals surface area contributed by atoms with Gasteiger partial charge in [-0.3, -0.25) is 19.2 Å². The molecule has 0 saturated carbocycles. The molecule has 2 unspecified atom stereocenters. The molecule has 0 fully saturated rings. The molecule has 23 heavy (non-hydrogen) atoms. The van der Waals surface area contributed by atoms with Crippen molar-refractivity contribution in [1.29, 1.82) is 0 Å². The Bertz CT molecular complexity index is 350. The molecule has 0 saturated heterocycles. The average molecular weight is 332 g/mol. The van der Waals surface area contributed by atoms with Gasteiger partial charge >= 0.3 is 0 Å². The van der Waals surface area contributed by atoms with Crippen LogP contribution in [-0.4, -0.2) is 42.6 Å². The maximum atomic E-state index is 10.8. The number of nitrogens with one attached hydrogen (secondary N) is 2. The second-order valence-corrected chi connectivity index (χ2v) is 4.84. The lowest BCUT2D eigenvalue weighted by Crippen LogP contribution is -2.35. The average Bonchev–Trinajstić information content (AvgIpc) is 2.39. The third-order valence-corrected chi connectivity index (χ3v) is 2.65. The summed E-state index contributed by atoms with van der Waals surface area (Å²) in [6.07, 6.45) is 0.270. The molecule has 0 aromatic carbocycles. The van der Waals surface area contributed by atoms with Gasteiger partial charge in [0.25, 0.3) is 0 Å². The van der Waals surface area contributed by atoms with E-state index in [2.05, 4.69) is 10.6 Å². The van der Waals surface area contributed by atoms with Gasteiger partial charge in [0, 0.05) is 31.8 Å². The Morgan fingerprint density at radius 1 is 0.957 bits per heavy atom. The van der Waals surface area contributed by atoms with Crippen molar-refractivity contribution in [2.75, 3.05) is 13.1 Å². The predicted molar refractivity (Wildman–Crippen MR) is 90.3 cm³/mol. The van der Waals surface area contributed by atoms with Crippen LogP contribution in [0.3, 0.4) is 0 Å². The minimum Gasteiger partial charge on any atom is -0.369 e. The predicted octanol–water partition coefficient (Wildman–Crippen LogP) is -0.301. The van der Waals surface area contributed by atoms with E-state index in [1.54, 1.807) is 6.92 Å². The highest BCUT2D eigenvalue weighted by Crippen LogP contribution is 1.98. The van der Waals surface area contributed by atoms with Crippen LogP contribution in [-0.2, 0) is 19.2 Å². The molecule has 8 nitrogen and oxygen atoms in total. The Balaban J connectivity index is -0.000000333. The zero-order valence-corrected chi connectivity index (χ0v) is 13.8. The number of ketones is 1. The van der Waals surface area contributed by atoms with Crippen molar-refractivity contribution in [3.05, 3.63) is 0 Å². The van der Waals surface area contributed by atoms with Crippen molar-refractivity contribution in [2.45, 2.75) is 54.0 Å². The fourth-order valence-electron chi connectivity index (χ4n) is 1.26. The Morgan fingerprint density at radius 2 is 1.35 bits per heavy atom. The van der Waals surface area contributed by atoms with Gasteiger partial charge in [-0.25, -0.2) is 0 Å². The van der Waals surface area contributed by atoms with E-state index in [4.69, 9.17) is 11.5 Å². The van der Waals surface area contributed by atoms with E-state index in [0.717, 1.165) is 0 Å². The van der Waals surface area contributed by atoms with Crippen LogP contribution in [0, 0.1) is 5.92 Å². The van der Waals surface area contributed by atoms with Gasteiger partial charge in [0.1, 0.15) is 5.78 Å². The summed E-state index contributed by atoms with van der Waals surface area (Å²) >= 11 is 0. The summed E-state index contributed by atoms with van der Waals surface area (Å²) in [6.45, 7) is 7.82. The molecule has 0 aromatic rings. The molecule has 0 aliphatic heterocycles. The van der Waals surface area contributed by atoms with Crippen LogP contribution < -0.4 is 22.1 Å². The van der Waals surface area contributed by atoms with Gasteiger partial charge in [-0.05, 0) is 20.8 Å². The van der Waals surface area contributed by atoms with Crippen LogP contribution in [0.15, 0.2) is 0 Å². The fraction of sp³-hybridized carbons (Fsp3) is 0.733. The van der Waals surface area contributed by atoms with Crippen molar-refractivity contribution >= 4 is 23.5 Å². The lowest BCUT2D eigenvalue weighted by atomic mass is 10.1. The molecule has 0 bridgehead atoms. The zero-order valence-electron chi connectivity index (χ0n) is 13.8. The summed E-state index contributed by atoms with van der Waals surface area (Å²) in [5, 5.41) is 5.14. The zero-order chi connectivity index (χ0) is 17.7. The first kappa shape index (κ1) is 26.0. The van der Waals surface area contributed by atoms with Crippen molar-refractivity contribution in [3.8, 4) is 0 Å². The van der Waals surface area contributed by atoms with Gasteiger partial charge in [0.15, 0.2) is 0 Å². The number of carbonyl (C=O) groups is 4. The van der Waals surface area contributed by atoms with E-state index in [9.17, 15) is 19.2 Å². The third-order valence-electron chi connectivity index (χ3n) is 2.65. The number of hydrogen-bond donors (Lipinski definition) is 4. The van der Waals surface area contributed by atoms with Crippen molar-refractivity contribution < 1.29 is 19.2 Å². The molecular weight excluding hydrogens is 300 g/mol. The first-order chi connectivity index (χ1) is 10.1. The molecule has 6 N–H and O–H groups in total. The molecule has 0 spiro atoms. The van der Waals surface area contributed by atoms with E-state index in [1.165, 1.54) is 6.92 Å². The summed E-state index contributed by atoms with van der Waals surface area (Å²) in [5.74, 6) is -1.26. The molecule has 0 aromatic heterocycles. The van der Waals surface area contributed by atoms with Crippen LogP contribution in [0.5, 0.6) is 0 Å². The van der Waals surface area contributed by atoms with Crippen LogP contribution in [0.4, 0.5) is 0 Å². The monoisotopic (exact) mass is 332 g/mol. The van der Waals surface area contributed by atoms with E-state index in [-0.39, 0.29) is 43.8 Å². The lowest BCUT2D eigenvalue weighted by molar-refractivity contribution is -0.127. The van der Waals surface area contributed by atoms with Crippen molar-refractivity contribution in [3.63, 3.8) is 0 Å². The smallest absolute Gasteiger partial charge is 0.222 e. The first-order valence-corrected chi connectivity index (χ1v) is 7.24. The maximum Gasteiger partial charge on any atom is 0.222 e. The number of nitrogens with two attached hydrogens (primary N) is 2. The van der Waals surface area contributed by atoms with Gasteiger partial charge in [-0.15, -0.1) is 0 Å². The van der Waals surface area contributed by atoms with Crippen LogP contribution in [0.25, 0.3) is 0 Å². The Labute approximate surface area is 138 Å². The van der Waals surface area contributed by atoms with E-state index < -0.39 is 11.9 Å². The van der Waals surface area contributed by atoms with Gasteiger partial charge in [0.05, 0.1) is 6.04 Å². The van der Waals surface area contributed by atoms with E-state index in [0.29, 0.717) is 13.1 Å². The fourth-order valence-corrected chi connectivity index (χ4v) is 1.26. The second kappa shape index (κ2) is 15.0. The standard InChI is InChI=1S/2C7H14N2O2.CH4/c1-3-9-7(11)4-6(8)5(2)10;1-3-9-6(10)4-5(2)7(8)11;/h6H,3-4,8H2,1-2H3,(H,9,11);5H,3-4H2,1-2H3,(H2,8,11)(H,9,10);1H4. The first-order valence-electron chi connectivity index (χ1n) is 7.24. The van der Waals surface area contributed by atoms with E-state index in [1.807, 2.05) is 13.8 Å². The van der Waals surface area contributed by atoms with Crippen molar-refractivity contribution in [2.24, 2.45) is 17.4 Å². The molecule has 0 aliphatic rings. The summed E-state index contributed by atoms with van der Waals surface area (Å²) in [6, 6.07) is -0.651. The molecule has 3 amide bonds. The summed E-state index contributed by atoms with van der Waals surface area (Å²) in [7, 11) is 0. The number of hydrogen-bond acceptors (Lipinski definition) is 5. The van der Waals surface area contributed by atoms with Crippen LogP contribution >= 0.6 is 0 Å². The summed E-state index contributed by atoms with van der Waals surface area (Å²) in [4.78, 5) is 42.7. The molecule has 0 aliphatic carbocycles. The highest BCUT2D eigenvalue weighted by molar-refractivity contribution is 5.87. The minimum atomic E-state index is -0.651. The molecular formula is C15H32N4O4. The highest BCUT2D eigenvalue weighted by atomic mass is 16.2. The number of amides is 3. The summed E-state index contributed by atoms with van der Waals surface area (Å²) < 4.78 is 0. The normalized spacial score (nSPS) is 11.7.